The molecule has 6 aromatic carbocycles. The van der Waals surface area contributed by atoms with Gasteiger partial charge >= 0.3 is 0 Å². The predicted octanol–water partition coefficient (Wildman–Crippen LogP) is 12.0. The minimum atomic E-state index is -0.0945. The molecular weight excluding hydrogens is 569 g/mol. The van der Waals surface area contributed by atoms with Gasteiger partial charge in [0.2, 0.25) is 0 Å². The van der Waals surface area contributed by atoms with Crippen molar-refractivity contribution in [2.75, 3.05) is 4.90 Å². The second kappa shape index (κ2) is 9.08. The zero-order chi connectivity index (χ0) is 31.7. The molecule has 2 heteroatoms. The lowest BCUT2D eigenvalue weighted by molar-refractivity contribution is 0.660. The molecule has 0 atom stereocenters. The molecule has 0 radical (unpaired) electrons. The molecule has 2 nitrogen and oxygen atoms in total. The van der Waals surface area contributed by atoms with Gasteiger partial charge in [-0.3, -0.25) is 4.98 Å². The fourth-order valence-corrected chi connectivity index (χ4v) is 8.92. The third-order valence-electron chi connectivity index (χ3n) is 11.3. The van der Waals surface area contributed by atoms with Gasteiger partial charge in [0, 0.05) is 44.7 Å². The van der Waals surface area contributed by atoms with Crippen molar-refractivity contribution in [1.82, 2.24) is 4.98 Å². The molecule has 3 aliphatic carbocycles. The molecule has 0 saturated carbocycles. The van der Waals surface area contributed by atoms with E-state index in [1.165, 1.54) is 89.0 Å². The highest BCUT2D eigenvalue weighted by Crippen LogP contribution is 2.55. The first-order valence-corrected chi connectivity index (χ1v) is 16.6. The molecular formula is C45H34N2. The van der Waals surface area contributed by atoms with E-state index in [1.54, 1.807) is 0 Å². The summed E-state index contributed by atoms with van der Waals surface area (Å²) >= 11 is 0. The molecule has 224 valence electrons. The number of hydrogen-bond donors (Lipinski definition) is 0. The summed E-state index contributed by atoms with van der Waals surface area (Å²) in [6, 6.07) is 47.5. The highest BCUT2D eigenvalue weighted by molar-refractivity contribution is 6.18. The molecule has 1 aromatic heterocycles. The van der Waals surface area contributed by atoms with Gasteiger partial charge in [0.05, 0.1) is 11.4 Å². The Bertz CT molecular complexity index is 2340. The summed E-state index contributed by atoms with van der Waals surface area (Å²) in [5.74, 6) is 0. The summed E-state index contributed by atoms with van der Waals surface area (Å²) in [7, 11) is 0. The highest BCUT2D eigenvalue weighted by Gasteiger charge is 2.38. The lowest BCUT2D eigenvalue weighted by atomic mass is 9.82. The number of fused-ring (bicyclic) bond motifs is 9. The van der Waals surface area contributed by atoms with Crippen LogP contribution in [0.4, 0.5) is 17.1 Å². The van der Waals surface area contributed by atoms with Gasteiger partial charge < -0.3 is 4.90 Å². The van der Waals surface area contributed by atoms with Gasteiger partial charge in [-0.25, -0.2) is 0 Å². The Hall–Kier alpha value is -5.47. The summed E-state index contributed by atoms with van der Waals surface area (Å²) in [5, 5.41) is 2.45. The zero-order valence-electron chi connectivity index (χ0n) is 27.1. The van der Waals surface area contributed by atoms with Crippen molar-refractivity contribution in [3.8, 4) is 44.6 Å². The number of rotatable bonds is 3. The Morgan fingerprint density at radius 3 is 1.53 bits per heavy atom. The minimum Gasteiger partial charge on any atom is -0.310 e. The molecule has 7 aromatic rings. The Morgan fingerprint density at radius 1 is 0.447 bits per heavy atom. The third-order valence-corrected chi connectivity index (χ3v) is 11.3. The van der Waals surface area contributed by atoms with E-state index >= 15 is 0 Å². The van der Waals surface area contributed by atoms with E-state index in [1.807, 2.05) is 6.20 Å². The number of pyridine rings is 1. The van der Waals surface area contributed by atoms with Gasteiger partial charge in [0.1, 0.15) is 0 Å². The molecule has 1 heterocycles. The van der Waals surface area contributed by atoms with Crippen molar-refractivity contribution in [3.05, 3.63) is 156 Å². The van der Waals surface area contributed by atoms with Crippen LogP contribution in [0.5, 0.6) is 0 Å². The molecule has 0 unspecified atom stereocenters. The van der Waals surface area contributed by atoms with Crippen LogP contribution < -0.4 is 4.90 Å². The van der Waals surface area contributed by atoms with E-state index in [-0.39, 0.29) is 10.8 Å². The SMILES string of the molecule is CC1(C)c2ccccc2-c2ccc(N(c3ccc4c(c3)C(C)(C)c3ccccc3-4)c3ccc4c5c(nccc35)-c3ccccc3-4)cc21. The molecule has 0 N–H and O–H groups in total. The van der Waals surface area contributed by atoms with Crippen LogP contribution >= 0.6 is 0 Å². The monoisotopic (exact) mass is 602 g/mol. The number of aromatic nitrogens is 1. The Kier molecular flexibility index (Phi) is 5.16. The minimum absolute atomic E-state index is 0.0945. The second-order valence-electron chi connectivity index (χ2n) is 14.4. The Morgan fingerprint density at radius 2 is 0.936 bits per heavy atom. The number of nitrogens with zero attached hydrogens (tertiary/aromatic N) is 2. The molecule has 0 spiro atoms. The number of hydrogen-bond acceptors (Lipinski definition) is 2. The normalized spacial score (nSPS) is 15.1. The first-order chi connectivity index (χ1) is 22.8. The van der Waals surface area contributed by atoms with Crippen molar-refractivity contribution in [2.24, 2.45) is 0 Å². The van der Waals surface area contributed by atoms with Crippen molar-refractivity contribution in [3.63, 3.8) is 0 Å². The van der Waals surface area contributed by atoms with E-state index in [9.17, 15) is 0 Å². The first kappa shape index (κ1) is 26.7. The average molecular weight is 603 g/mol. The maximum Gasteiger partial charge on any atom is 0.0793 e. The van der Waals surface area contributed by atoms with Crippen LogP contribution in [0.15, 0.2) is 134 Å². The van der Waals surface area contributed by atoms with Crippen molar-refractivity contribution in [2.45, 2.75) is 38.5 Å². The van der Waals surface area contributed by atoms with Crippen LogP contribution in [0.2, 0.25) is 0 Å². The van der Waals surface area contributed by atoms with Crippen molar-refractivity contribution in [1.29, 1.82) is 0 Å². The van der Waals surface area contributed by atoms with Crippen LogP contribution in [0.3, 0.4) is 0 Å². The van der Waals surface area contributed by atoms with E-state index in [0.29, 0.717) is 0 Å². The molecule has 0 amide bonds. The fraction of sp³-hybridized carbons (Fsp3) is 0.133. The Labute approximate surface area is 276 Å². The fourth-order valence-electron chi connectivity index (χ4n) is 8.92. The smallest absolute Gasteiger partial charge is 0.0793 e. The summed E-state index contributed by atoms with van der Waals surface area (Å²) in [4.78, 5) is 7.42. The van der Waals surface area contributed by atoms with Crippen LogP contribution in [-0.4, -0.2) is 4.98 Å². The average Bonchev–Trinajstić information content (AvgIpc) is 3.64. The topological polar surface area (TPSA) is 16.1 Å². The number of anilines is 3. The van der Waals surface area contributed by atoms with Gasteiger partial charge in [0.15, 0.2) is 0 Å². The van der Waals surface area contributed by atoms with Crippen molar-refractivity contribution >= 4 is 27.8 Å². The lowest BCUT2D eigenvalue weighted by Crippen LogP contribution is -2.18. The highest BCUT2D eigenvalue weighted by atomic mass is 15.1. The largest absolute Gasteiger partial charge is 0.310 e. The molecule has 3 aliphatic rings. The summed E-state index contributed by atoms with van der Waals surface area (Å²) in [5.41, 5.74) is 19.0. The molecule has 0 bridgehead atoms. The third kappa shape index (κ3) is 3.43. The van der Waals surface area contributed by atoms with Crippen LogP contribution in [0, 0.1) is 0 Å². The zero-order valence-corrected chi connectivity index (χ0v) is 27.1. The van der Waals surface area contributed by atoms with Crippen molar-refractivity contribution < 1.29 is 0 Å². The first-order valence-electron chi connectivity index (χ1n) is 16.6. The van der Waals surface area contributed by atoms with E-state index in [4.69, 9.17) is 4.98 Å². The van der Waals surface area contributed by atoms with E-state index in [0.717, 1.165) is 5.69 Å². The van der Waals surface area contributed by atoms with Gasteiger partial charge in [-0.2, -0.15) is 0 Å². The maximum atomic E-state index is 4.92. The van der Waals surface area contributed by atoms with E-state index in [2.05, 4.69) is 160 Å². The van der Waals surface area contributed by atoms with Crippen LogP contribution in [0.25, 0.3) is 55.4 Å². The molecule has 47 heavy (non-hydrogen) atoms. The van der Waals surface area contributed by atoms with Gasteiger partial charge in [-0.15, -0.1) is 0 Å². The maximum absolute atomic E-state index is 4.92. The Balaban J connectivity index is 1.23. The predicted molar refractivity (Wildman–Crippen MR) is 196 cm³/mol. The molecule has 0 fully saturated rings. The second-order valence-corrected chi connectivity index (χ2v) is 14.4. The number of benzene rings is 6. The van der Waals surface area contributed by atoms with Gasteiger partial charge in [-0.05, 0) is 92.0 Å². The standard InChI is InChI=1S/C45H34N2/c1-44(2)37-15-9-7-12-30(37)32-19-17-27(25-39(32)44)47(28-18-20-33-31-13-8-10-16-38(31)45(3,4)40(33)26-28)41-22-21-34-29-11-5-6-14-35(29)43-42(34)36(41)23-24-46-43/h5-26H,1-4H3. The summed E-state index contributed by atoms with van der Waals surface area (Å²) in [6.45, 7) is 9.46. The summed E-state index contributed by atoms with van der Waals surface area (Å²) < 4.78 is 0. The quantitative estimate of drug-likeness (QED) is 0.200. The molecule has 0 saturated heterocycles. The lowest BCUT2D eigenvalue weighted by Gasteiger charge is -2.30. The van der Waals surface area contributed by atoms with Crippen LogP contribution in [0.1, 0.15) is 49.9 Å². The van der Waals surface area contributed by atoms with Gasteiger partial charge in [-0.1, -0.05) is 119 Å². The van der Waals surface area contributed by atoms with E-state index < -0.39 is 0 Å². The van der Waals surface area contributed by atoms with Gasteiger partial charge in [0.25, 0.3) is 0 Å². The van der Waals surface area contributed by atoms with Crippen LogP contribution in [-0.2, 0) is 10.8 Å². The summed E-state index contributed by atoms with van der Waals surface area (Å²) in [6.07, 6.45) is 1.98. The molecule has 0 aliphatic heterocycles. The molecule has 10 rings (SSSR count).